The van der Waals surface area contributed by atoms with Crippen molar-refractivity contribution in [2.75, 3.05) is 19.8 Å². The van der Waals surface area contributed by atoms with Gasteiger partial charge in [-0.2, -0.15) is 0 Å². The van der Waals surface area contributed by atoms with Gasteiger partial charge in [0.2, 0.25) is 0 Å². The quantitative estimate of drug-likeness (QED) is 0.773. The summed E-state index contributed by atoms with van der Waals surface area (Å²) in [5.74, 6) is -0.794. The Morgan fingerprint density at radius 3 is 2.81 bits per heavy atom. The Kier molecular flexibility index (Phi) is 3.82. The van der Waals surface area contributed by atoms with Gasteiger partial charge in [-0.25, -0.2) is 0 Å². The van der Waals surface area contributed by atoms with Crippen molar-refractivity contribution in [2.24, 2.45) is 5.92 Å². The first kappa shape index (κ1) is 11.9. The number of rotatable bonds is 2. The molecule has 92 valence electrons. The van der Waals surface area contributed by atoms with Crippen LogP contribution in [0.3, 0.4) is 0 Å². The SMILES string of the molecule is CC1COCCN1C1CCCCC1C(=O)O. The van der Waals surface area contributed by atoms with E-state index in [-0.39, 0.29) is 12.0 Å². The van der Waals surface area contributed by atoms with Crippen molar-refractivity contribution >= 4 is 5.97 Å². The molecule has 2 fully saturated rings. The predicted molar refractivity (Wildman–Crippen MR) is 60.4 cm³/mol. The summed E-state index contributed by atoms with van der Waals surface area (Å²) in [7, 11) is 0. The van der Waals surface area contributed by atoms with Gasteiger partial charge < -0.3 is 9.84 Å². The Labute approximate surface area is 96.6 Å². The second kappa shape index (κ2) is 5.15. The van der Waals surface area contributed by atoms with Crippen LogP contribution < -0.4 is 0 Å². The molecule has 2 aliphatic rings. The van der Waals surface area contributed by atoms with E-state index in [0.717, 1.165) is 39.0 Å². The van der Waals surface area contributed by atoms with Crippen LogP contribution in [0.1, 0.15) is 32.6 Å². The van der Waals surface area contributed by atoms with E-state index in [1.807, 2.05) is 0 Å². The summed E-state index contributed by atoms with van der Waals surface area (Å²) < 4.78 is 5.41. The molecule has 1 saturated heterocycles. The van der Waals surface area contributed by atoms with Crippen LogP contribution in [0.5, 0.6) is 0 Å². The molecular formula is C12H21NO3. The number of ether oxygens (including phenoxy) is 1. The van der Waals surface area contributed by atoms with Crippen molar-refractivity contribution in [3.8, 4) is 0 Å². The van der Waals surface area contributed by atoms with Gasteiger partial charge in [0.1, 0.15) is 0 Å². The number of carboxylic acid groups (broad SMARTS) is 1. The smallest absolute Gasteiger partial charge is 0.308 e. The molecule has 2 rings (SSSR count). The van der Waals surface area contributed by atoms with Crippen molar-refractivity contribution in [1.29, 1.82) is 0 Å². The van der Waals surface area contributed by atoms with E-state index >= 15 is 0 Å². The molecule has 0 spiro atoms. The minimum Gasteiger partial charge on any atom is -0.481 e. The zero-order valence-corrected chi connectivity index (χ0v) is 9.89. The van der Waals surface area contributed by atoms with E-state index in [1.54, 1.807) is 0 Å². The fourth-order valence-corrected chi connectivity index (χ4v) is 3.03. The first-order valence-corrected chi connectivity index (χ1v) is 6.26. The topological polar surface area (TPSA) is 49.8 Å². The van der Waals surface area contributed by atoms with Gasteiger partial charge in [0.05, 0.1) is 19.1 Å². The Balaban J connectivity index is 2.06. The number of aliphatic carboxylic acids is 1. The van der Waals surface area contributed by atoms with E-state index in [1.165, 1.54) is 6.42 Å². The number of carboxylic acids is 1. The zero-order chi connectivity index (χ0) is 11.5. The summed E-state index contributed by atoms with van der Waals surface area (Å²) in [5.41, 5.74) is 0. The average molecular weight is 227 g/mol. The maximum atomic E-state index is 11.3. The second-order valence-electron chi connectivity index (χ2n) is 4.96. The molecule has 4 heteroatoms. The summed E-state index contributed by atoms with van der Waals surface area (Å²) in [6.45, 7) is 4.50. The van der Waals surface area contributed by atoms with Crippen LogP contribution in [0.25, 0.3) is 0 Å². The Bertz CT molecular complexity index is 257. The fourth-order valence-electron chi connectivity index (χ4n) is 3.03. The lowest BCUT2D eigenvalue weighted by molar-refractivity contribution is -0.147. The number of carbonyl (C=O) groups is 1. The van der Waals surface area contributed by atoms with Crippen molar-refractivity contribution < 1.29 is 14.6 Å². The van der Waals surface area contributed by atoms with Crippen molar-refractivity contribution in [3.05, 3.63) is 0 Å². The average Bonchev–Trinajstić information content (AvgIpc) is 2.29. The molecule has 1 saturated carbocycles. The molecule has 0 aromatic rings. The highest BCUT2D eigenvalue weighted by Gasteiger charge is 2.37. The van der Waals surface area contributed by atoms with Crippen LogP contribution in [0.4, 0.5) is 0 Å². The molecule has 16 heavy (non-hydrogen) atoms. The lowest BCUT2D eigenvalue weighted by Crippen LogP contribution is -2.54. The molecule has 1 aliphatic carbocycles. The highest BCUT2D eigenvalue weighted by molar-refractivity contribution is 5.71. The van der Waals surface area contributed by atoms with Gasteiger partial charge in [-0.1, -0.05) is 12.8 Å². The van der Waals surface area contributed by atoms with Crippen LogP contribution in [-0.4, -0.2) is 47.8 Å². The molecule has 3 atom stereocenters. The molecule has 4 nitrogen and oxygen atoms in total. The fraction of sp³-hybridized carbons (Fsp3) is 0.917. The van der Waals surface area contributed by atoms with Crippen LogP contribution in [0.2, 0.25) is 0 Å². The number of hydrogen-bond acceptors (Lipinski definition) is 3. The largest absolute Gasteiger partial charge is 0.481 e. The van der Waals surface area contributed by atoms with Gasteiger partial charge in [0, 0.05) is 18.6 Å². The second-order valence-corrected chi connectivity index (χ2v) is 4.96. The first-order valence-electron chi connectivity index (χ1n) is 6.26. The summed E-state index contributed by atoms with van der Waals surface area (Å²) in [6.07, 6.45) is 4.09. The number of nitrogens with zero attached hydrogens (tertiary/aromatic N) is 1. The third-order valence-electron chi connectivity index (χ3n) is 3.89. The van der Waals surface area contributed by atoms with Gasteiger partial charge in [-0.3, -0.25) is 9.69 Å². The molecule has 1 aliphatic heterocycles. The highest BCUT2D eigenvalue weighted by Crippen LogP contribution is 2.30. The lowest BCUT2D eigenvalue weighted by Gasteiger charge is -2.43. The van der Waals surface area contributed by atoms with Crippen LogP contribution >= 0.6 is 0 Å². The first-order chi connectivity index (χ1) is 7.70. The van der Waals surface area contributed by atoms with Gasteiger partial charge >= 0.3 is 5.97 Å². The minimum absolute atomic E-state index is 0.172. The lowest BCUT2D eigenvalue weighted by atomic mass is 9.83. The molecule has 1 heterocycles. The molecular weight excluding hydrogens is 206 g/mol. The van der Waals surface area contributed by atoms with E-state index in [2.05, 4.69) is 11.8 Å². The van der Waals surface area contributed by atoms with Crippen LogP contribution in [-0.2, 0) is 9.53 Å². The molecule has 0 aromatic carbocycles. The summed E-state index contributed by atoms with van der Waals surface area (Å²) in [6, 6.07) is 0.587. The maximum Gasteiger partial charge on any atom is 0.308 e. The zero-order valence-electron chi connectivity index (χ0n) is 9.89. The highest BCUT2D eigenvalue weighted by atomic mass is 16.5. The van der Waals surface area contributed by atoms with Crippen molar-refractivity contribution in [2.45, 2.75) is 44.7 Å². The summed E-state index contributed by atoms with van der Waals surface area (Å²) in [5, 5.41) is 9.27. The van der Waals surface area contributed by atoms with E-state index in [9.17, 15) is 9.90 Å². The van der Waals surface area contributed by atoms with Gasteiger partial charge in [0.25, 0.3) is 0 Å². The Morgan fingerprint density at radius 1 is 1.38 bits per heavy atom. The maximum absolute atomic E-state index is 11.3. The Morgan fingerprint density at radius 2 is 2.12 bits per heavy atom. The van der Waals surface area contributed by atoms with E-state index < -0.39 is 5.97 Å². The van der Waals surface area contributed by atoms with Crippen molar-refractivity contribution in [1.82, 2.24) is 4.90 Å². The molecule has 1 N–H and O–H groups in total. The predicted octanol–water partition coefficient (Wildman–Crippen LogP) is 1.35. The van der Waals surface area contributed by atoms with Gasteiger partial charge in [0.15, 0.2) is 0 Å². The molecule has 0 amide bonds. The molecule has 0 bridgehead atoms. The van der Waals surface area contributed by atoms with E-state index in [4.69, 9.17) is 4.74 Å². The Hall–Kier alpha value is -0.610. The van der Waals surface area contributed by atoms with Crippen LogP contribution in [0.15, 0.2) is 0 Å². The number of hydrogen-bond donors (Lipinski definition) is 1. The van der Waals surface area contributed by atoms with Gasteiger partial charge in [-0.05, 0) is 19.8 Å². The third-order valence-corrected chi connectivity index (χ3v) is 3.89. The van der Waals surface area contributed by atoms with Crippen LogP contribution in [0, 0.1) is 5.92 Å². The summed E-state index contributed by atoms with van der Waals surface area (Å²) in [4.78, 5) is 13.6. The van der Waals surface area contributed by atoms with Crippen molar-refractivity contribution in [3.63, 3.8) is 0 Å². The normalized spacial score (nSPS) is 37.2. The molecule has 0 radical (unpaired) electrons. The molecule has 3 unspecified atom stereocenters. The van der Waals surface area contributed by atoms with E-state index in [0.29, 0.717) is 6.04 Å². The third kappa shape index (κ3) is 2.38. The standard InChI is InChI=1S/C12H21NO3/c1-9-8-16-7-6-13(9)11-5-3-2-4-10(11)12(14)15/h9-11H,2-8H2,1H3,(H,14,15). The summed E-state index contributed by atoms with van der Waals surface area (Å²) >= 11 is 0. The van der Waals surface area contributed by atoms with Gasteiger partial charge in [-0.15, -0.1) is 0 Å². The monoisotopic (exact) mass is 227 g/mol. The number of morpholine rings is 1. The molecule has 0 aromatic heterocycles. The minimum atomic E-state index is -0.622.